The van der Waals surface area contributed by atoms with Gasteiger partial charge in [0, 0.05) is 18.5 Å². The number of aromatic amines is 1. The number of H-pyrrole nitrogens is 1. The third-order valence-electron chi connectivity index (χ3n) is 5.61. The lowest BCUT2D eigenvalue weighted by Crippen LogP contribution is -2.43. The second-order valence-electron chi connectivity index (χ2n) is 7.95. The van der Waals surface area contributed by atoms with Gasteiger partial charge in [-0.3, -0.25) is 19.1 Å². The normalized spacial score (nSPS) is 10.9. The number of carbonyl (C=O) groups is 1. The van der Waals surface area contributed by atoms with Crippen molar-refractivity contribution >= 4 is 28.2 Å². The first kappa shape index (κ1) is 23.8. The van der Waals surface area contributed by atoms with Gasteiger partial charge in [0.05, 0.1) is 6.54 Å². The molecular formula is C26H26N4O5. The number of aliphatic hydroxyl groups excluding tert-OH is 1. The predicted octanol–water partition coefficient (Wildman–Crippen LogP) is 2.11. The van der Waals surface area contributed by atoms with E-state index in [-0.39, 0.29) is 44.2 Å². The molecular weight excluding hydrogens is 448 g/mol. The Morgan fingerprint density at radius 3 is 2.49 bits per heavy atom. The van der Waals surface area contributed by atoms with Crippen LogP contribution in [0, 0.1) is 0 Å². The van der Waals surface area contributed by atoms with Crippen molar-refractivity contribution < 1.29 is 14.6 Å². The number of rotatable bonds is 9. The molecule has 0 atom stereocenters. The van der Waals surface area contributed by atoms with E-state index in [1.54, 1.807) is 6.07 Å². The molecule has 35 heavy (non-hydrogen) atoms. The zero-order chi connectivity index (χ0) is 24.8. The van der Waals surface area contributed by atoms with E-state index >= 15 is 0 Å². The number of hydrogen-bond donors (Lipinski definition) is 3. The first-order valence-electron chi connectivity index (χ1n) is 11.2. The summed E-state index contributed by atoms with van der Waals surface area (Å²) in [5, 5.41) is 11.2. The minimum Gasteiger partial charge on any atom is -0.483 e. The molecule has 0 aliphatic rings. The van der Waals surface area contributed by atoms with Crippen molar-refractivity contribution in [3.8, 4) is 5.75 Å². The van der Waals surface area contributed by atoms with E-state index in [1.165, 1.54) is 4.57 Å². The van der Waals surface area contributed by atoms with Gasteiger partial charge in [-0.1, -0.05) is 66.7 Å². The molecule has 0 bridgehead atoms. The Balaban J connectivity index is 1.65. The van der Waals surface area contributed by atoms with Crippen LogP contribution in [-0.4, -0.2) is 40.3 Å². The van der Waals surface area contributed by atoms with Gasteiger partial charge in [-0.15, -0.1) is 0 Å². The number of fused-ring (bicyclic) bond motifs is 1. The number of nitrogens with two attached hydrogens (primary N) is 1. The number of aliphatic hydroxyl groups is 1. The van der Waals surface area contributed by atoms with Crippen LogP contribution in [0.5, 0.6) is 5.75 Å². The third kappa shape index (κ3) is 5.25. The molecule has 0 aliphatic heterocycles. The Bertz CT molecular complexity index is 1440. The van der Waals surface area contributed by atoms with Crippen molar-refractivity contribution in [2.75, 3.05) is 30.4 Å². The maximum Gasteiger partial charge on any atom is 0.330 e. The SMILES string of the molecule is Nc1c(N(CCCO)C(=O)COc2cccc3ccccc23)c(=O)[nH]c(=O)n1Cc1ccccc1. The second kappa shape index (κ2) is 10.7. The van der Waals surface area contributed by atoms with Crippen LogP contribution in [0.3, 0.4) is 0 Å². The highest BCUT2D eigenvalue weighted by atomic mass is 16.5. The molecule has 9 heteroatoms. The van der Waals surface area contributed by atoms with Crippen LogP contribution in [0.1, 0.15) is 12.0 Å². The lowest BCUT2D eigenvalue weighted by molar-refractivity contribution is -0.120. The summed E-state index contributed by atoms with van der Waals surface area (Å²) in [6.45, 7) is -0.430. The first-order chi connectivity index (χ1) is 17.0. The van der Waals surface area contributed by atoms with E-state index in [1.807, 2.05) is 66.7 Å². The molecule has 1 heterocycles. The Kier molecular flexibility index (Phi) is 7.27. The number of ether oxygens (including phenoxy) is 1. The number of benzene rings is 3. The lowest BCUT2D eigenvalue weighted by Gasteiger charge is -2.24. The smallest absolute Gasteiger partial charge is 0.330 e. The quantitative estimate of drug-likeness (QED) is 0.341. The molecule has 0 saturated carbocycles. The fraction of sp³-hybridized carbons (Fsp3) is 0.192. The van der Waals surface area contributed by atoms with Gasteiger partial charge in [-0.25, -0.2) is 4.79 Å². The van der Waals surface area contributed by atoms with Crippen LogP contribution in [-0.2, 0) is 11.3 Å². The molecule has 0 spiro atoms. The standard InChI is InChI=1S/C26H26N4O5/c27-24-23(25(33)28-26(34)30(24)16-18-8-2-1-3-9-18)29(14-7-15-31)22(32)17-35-21-13-6-11-19-10-4-5-12-20(19)21/h1-6,8-13,31H,7,14-17,27H2,(H,28,33,34). The van der Waals surface area contributed by atoms with Crippen LogP contribution in [0.4, 0.5) is 11.5 Å². The van der Waals surface area contributed by atoms with Gasteiger partial charge in [0.25, 0.3) is 11.5 Å². The zero-order valence-electron chi connectivity index (χ0n) is 19.0. The van der Waals surface area contributed by atoms with Gasteiger partial charge in [0.1, 0.15) is 11.6 Å². The van der Waals surface area contributed by atoms with Crippen molar-refractivity contribution in [2.24, 2.45) is 0 Å². The Hall–Kier alpha value is -4.37. The minimum absolute atomic E-state index is 0.0189. The van der Waals surface area contributed by atoms with Crippen LogP contribution >= 0.6 is 0 Å². The van der Waals surface area contributed by atoms with Crippen molar-refractivity contribution in [2.45, 2.75) is 13.0 Å². The average Bonchev–Trinajstić information content (AvgIpc) is 2.87. The minimum atomic E-state index is -0.784. The second-order valence-corrected chi connectivity index (χ2v) is 7.95. The Morgan fingerprint density at radius 2 is 1.71 bits per heavy atom. The summed E-state index contributed by atoms with van der Waals surface area (Å²) >= 11 is 0. The van der Waals surface area contributed by atoms with Crippen molar-refractivity contribution in [3.05, 3.63) is 99.2 Å². The summed E-state index contributed by atoms with van der Waals surface area (Å²) < 4.78 is 7.02. The number of amides is 1. The number of nitrogens with one attached hydrogen (secondary N) is 1. The summed E-state index contributed by atoms with van der Waals surface area (Å²) in [4.78, 5) is 42.0. The zero-order valence-corrected chi connectivity index (χ0v) is 19.0. The van der Waals surface area contributed by atoms with Gasteiger partial charge < -0.3 is 20.5 Å². The maximum absolute atomic E-state index is 13.2. The average molecular weight is 475 g/mol. The predicted molar refractivity (Wildman–Crippen MR) is 135 cm³/mol. The fourth-order valence-corrected chi connectivity index (χ4v) is 3.89. The number of hydrogen-bond acceptors (Lipinski definition) is 6. The number of carbonyl (C=O) groups excluding carboxylic acids is 1. The van der Waals surface area contributed by atoms with Crippen molar-refractivity contribution in [1.82, 2.24) is 9.55 Å². The van der Waals surface area contributed by atoms with Crippen LogP contribution < -0.4 is 26.6 Å². The van der Waals surface area contributed by atoms with E-state index in [0.29, 0.717) is 5.75 Å². The van der Waals surface area contributed by atoms with E-state index in [9.17, 15) is 19.5 Å². The summed E-state index contributed by atoms with van der Waals surface area (Å²) in [5.74, 6) is -0.151. The van der Waals surface area contributed by atoms with Crippen molar-refractivity contribution in [3.63, 3.8) is 0 Å². The summed E-state index contributed by atoms with van der Waals surface area (Å²) in [6.07, 6.45) is 0.205. The Morgan fingerprint density at radius 1 is 1.00 bits per heavy atom. The maximum atomic E-state index is 13.2. The molecule has 0 saturated heterocycles. The number of nitrogen functional groups attached to an aromatic ring is 1. The van der Waals surface area contributed by atoms with Gasteiger partial charge >= 0.3 is 5.69 Å². The largest absolute Gasteiger partial charge is 0.483 e. The highest BCUT2D eigenvalue weighted by Crippen LogP contribution is 2.25. The highest BCUT2D eigenvalue weighted by Gasteiger charge is 2.24. The summed E-state index contributed by atoms with van der Waals surface area (Å²) in [6, 6.07) is 22.3. The highest BCUT2D eigenvalue weighted by molar-refractivity contribution is 5.97. The third-order valence-corrected chi connectivity index (χ3v) is 5.61. The number of aromatic nitrogens is 2. The van der Waals surface area contributed by atoms with Crippen LogP contribution in [0.15, 0.2) is 82.4 Å². The molecule has 0 radical (unpaired) electrons. The fourth-order valence-electron chi connectivity index (χ4n) is 3.89. The molecule has 180 valence electrons. The molecule has 1 aromatic heterocycles. The number of nitrogens with zero attached hydrogens (tertiary/aromatic N) is 2. The molecule has 0 fully saturated rings. The van der Waals surface area contributed by atoms with Crippen LogP contribution in [0.25, 0.3) is 10.8 Å². The molecule has 9 nitrogen and oxygen atoms in total. The summed E-state index contributed by atoms with van der Waals surface area (Å²) in [7, 11) is 0. The number of anilines is 2. The van der Waals surface area contributed by atoms with Gasteiger partial charge in [0.2, 0.25) is 0 Å². The first-order valence-corrected chi connectivity index (χ1v) is 11.2. The Labute approximate surface area is 201 Å². The van der Waals surface area contributed by atoms with E-state index in [4.69, 9.17) is 10.5 Å². The molecule has 4 aromatic rings. The topological polar surface area (TPSA) is 131 Å². The monoisotopic (exact) mass is 474 g/mol. The molecule has 4 N–H and O–H groups in total. The molecule has 3 aromatic carbocycles. The van der Waals surface area contributed by atoms with Gasteiger partial charge in [-0.2, -0.15) is 0 Å². The lowest BCUT2D eigenvalue weighted by atomic mass is 10.1. The van der Waals surface area contributed by atoms with Crippen LogP contribution in [0.2, 0.25) is 0 Å². The van der Waals surface area contributed by atoms with E-state index < -0.39 is 17.2 Å². The molecule has 0 unspecified atom stereocenters. The van der Waals surface area contributed by atoms with E-state index in [0.717, 1.165) is 21.2 Å². The van der Waals surface area contributed by atoms with Gasteiger partial charge in [-0.05, 0) is 23.4 Å². The van der Waals surface area contributed by atoms with Crippen molar-refractivity contribution in [1.29, 1.82) is 0 Å². The molecule has 1 amide bonds. The molecule has 4 rings (SSSR count). The molecule has 0 aliphatic carbocycles. The van der Waals surface area contributed by atoms with Gasteiger partial charge in [0.15, 0.2) is 12.3 Å². The van der Waals surface area contributed by atoms with E-state index in [2.05, 4.69) is 4.98 Å². The summed E-state index contributed by atoms with van der Waals surface area (Å²) in [5.41, 5.74) is 5.45.